The molecule has 0 atom stereocenters. The Morgan fingerprint density at radius 2 is 1.76 bits per heavy atom. The summed E-state index contributed by atoms with van der Waals surface area (Å²) in [4.78, 5) is 10.5. The third kappa shape index (κ3) is 8.77. The number of hydrogen-bond acceptors (Lipinski definition) is 2. The zero-order valence-corrected chi connectivity index (χ0v) is 10.3. The van der Waals surface area contributed by atoms with E-state index in [1.807, 2.05) is 0 Å². The van der Waals surface area contributed by atoms with Gasteiger partial charge in [-0.05, 0) is 18.9 Å². The summed E-state index contributed by atoms with van der Waals surface area (Å²) in [5.74, 6) is -2.14. The molecule has 5 heteroatoms. The number of halogens is 3. The molecule has 0 amide bonds. The lowest BCUT2D eigenvalue weighted by Gasteiger charge is -2.10. The molecule has 0 bridgehead atoms. The van der Waals surface area contributed by atoms with Crippen LogP contribution in [0.25, 0.3) is 0 Å². The van der Waals surface area contributed by atoms with E-state index in [0.717, 1.165) is 38.7 Å². The van der Waals surface area contributed by atoms with Gasteiger partial charge >= 0.3 is 12.1 Å². The van der Waals surface area contributed by atoms with Crippen LogP contribution in [0.15, 0.2) is 11.8 Å². The highest BCUT2D eigenvalue weighted by Gasteiger charge is 2.36. The van der Waals surface area contributed by atoms with E-state index in [1.54, 1.807) is 0 Å². The summed E-state index contributed by atoms with van der Waals surface area (Å²) in [6.07, 6.45) is 1.45. The first-order chi connectivity index (χ1) is 7.88. The Labute approximate surface area is 99.8 Å². The van der Waals surface area contributed by atoms with Gasteiger partial charge < -0.3 is 4.74 Å². The first-order valence-corrected chi connectivity index (χ1v) is 5.83. The van der Waals surface area contributed by atoms with Crippen LogP contribution >= 0.6 is 0 Å². The number of alkyl halides is 3. The molecule has 0 aliphatic carbocycles. The third-order valence-electron chi connectivity index (χ3n) is 2.17. The highest BCUT2D eigenvalue weighted by atomic mass is 19.4. The number of hydrogen-bond donors (Lipinski definition) is 0. The van der Waals surface area contributed by atoms with Crippen LogP contribution in [0.2, 0.25) is 0 Å². The van der Waals surface area contributed by atoms with E-state index in [0.29, 0.717) is 6.42 Å². The van der Waals surface area contributed by atoms with Crippen molar-refractivity contribution < 1.29 is 22.7 Å². The number of ether oxygens (including phenoxy) is 1. The minimum atomic E-state index is -4.59. The second-order valence-electron chi connectivity index (χ2n) is 3.86. The molecule has 0 heterocycles. The average Bonchev–Trinajstić information content (AvgIpc) is 2.19. The SMILES string of the molecule is CCCCCCC/C=C(\OC(C)=O)C(F)(F)F. The van der Waals surface area contributed by atoms with Crippen molar-refractivity contribution in [1.29, 1.82) is 0 Å². The van der Waals surface area contributed by atoms with E-state index in [-0.39, 0.29) is 6.42 Å². The van der Waals surface area contributed by atoms with Crippen LogP contribution < -0.4 is 0 Å². The summed E-state index contributed by atoms with van der Waals surface area (Å²) < 4.78 is 41.2. The Hall–Kier alpha value is -1.00. The molecule has 0 unspecified atom stereocenters. The van der Waals surface area contributed by atoms with Gasteiger partial charge in [-0.25, -0.2) is 0 Å². The molecule has 100 valence electrons. The molecule has 0 aliphatic rings. The fourth-order valence-corrected chi connectivity index (χ4v) is 1.35. The predicted molar refractivity (Wildman–Crippen MR) is 59.3 cm³/mol. The summed E-state index contributed by atoms with van der Waals surface area (Å²) >= 11 is 0. The van der Waals surface area contributed by atoms with Crippen molar-refractivity contribution in [3.8, 4) is 0 Å². The lowest BCUT2D eigenvalue weighted by atomic mass is 10.1. The van der Waals surface area contributed by atoms with E-state index >= 15 is 0 Å². The molecule has 0 radical (unpaired) electrons. The minimum Gasteiger partial charge on any atom is -0.422 e. The maximum Gasteiger partial charge on any atom is 0.449 e. The number of allylic oxidation sites excluding steroid dienone is 2. The van der Waals surface area contributed by atoms with E-state index in [2.05, 4.69) is 11.7 Å². The molecule has 0 saturated heterocycles. The molecule has 0 rings (SSSR count). The van der Waals surface area contributed by atoms with Crippen molar-refractivity contribution in [3.05, 3.63) is 11.8 Å². The van der Waals surface area contributed by atoms with Crippen LogP contribution in [-0.2, 0) is 9.53 Å². The smallest absolute Gasteiger partial charge is 0.422 e. The molecular formula is C12H19F3O2. The van der Waals surface area contributed by atoms with Crippen molar-refractivity contribution in [2.45, 2.75) is 58.5 Å². The van der Waals surface area contributed by atoms with Gasteiger partial charge in [0.25, 0.3) is 0 Å². The summed E-state index contributed by atoms with van der Waals surface area (Å²) in [5, 5.41) is 0. The fourth-order valence-electron chi connectivity index (χ4n) is 1.35. The Balaban J connectivity index is 4.08. The summed E-state index contributed by atoms with van der Waals surface area (Å²) in [6.45, 7) is 3.03. The highest BCUT2D eigenvalue weighted by Crippen LogP contribution is 2.27. The number of esters is 1. The summed E-state index contributed by atoms with van der Waals surface area (Å²) in [5.41, 5.74) is 0. The standard InChI is InChI=1S/C12H19F3O2/c1-3-4-5-6-7-8-9-11(12(13,14)15)17-10(2)16/h9H,3-8H2,1-2H3/b11-9-. The molecule has 2 nitrogen and oxygen atoms in total. The molecule has 0 N–H and O–H groups in total. The van der Waals surface area contributed by atoms with Gasteiger partial charge in [-0.15, -0.1) is 0 Å². The van der Waals surface area contributed by atoms with E-state index in [4.69, 9.17) is 0 Å². The zero-order chi connectivity index (χ0) is 13.3. The largest absolute Gasteiger partial charge is 0.449 e. The second-order valence-corrected chi connectivity index (χ2v) is 3.86. The number of carbonyl (C=O) groups is 1. The molecule has 0 spiro atoms. The molecule has 0 aromatic heterocycles. The zero-order valence-electron chi connectivity index (χ0n) is 10.3. The van der Waals surface area contributed by atoms with Crippen molar-refractivity contribution in [2.75, 3.05) is 0 Å². The molecule has 0 saturated carbocycles. The van der Waals surface area contributed by atoms with Crippen molar-refractivity contribution >= 4 is 5.97 Å². The normalized spacial score (nSPS) is 12.6. The van der Waals surface area contributed by atoms with E-state index < -0.39 is 17.9 Å². The lowest BCUT2D eigenvalue weighted by Crippen LogP contribution is -2.17. The Morgan fingerprint density at radius 3 is 2.24 bits per heavy atom. The first kappa shape index (κ1) is 16.0. The van der Waals surface area contributed by atoms with Gasteiger partial charge in [0.1, 0.15) is 0 Å². The lowest BCUT2D eigenvalue weighted by molar-refractivity contribution is -0.158. The molecule has 0 aromatic rings. The molecular weight excluding hydrogens is 233 g/mol. The van der Waals surface area contributed by atoms with Crippen LogP contribution in [0.4, 0.5) is 13.2 Å². The number of unbranched alkanes of at least 4 members (excludes halogenated alkanes) is 5. The predicted octanol–water partition coefficient (Wildman–Crippen LogP) is 4.36. The van der Waals surface area contributed by atoms with Gasteiger partial charge in [-0.2, -0.15) is 13.2 Å². The van der Waals surface area contributed by atoms with Crippen molar-refractivity contribution in [1.82, 2.24) is 0 Å². The maximum absolute atomic E-state index is 12.4. The van der Waals surface area contributed by atoms with Gasteiger partial charge in [-0.3, -0.25) is 4.79 Å². The maximum atomic E-state index is 12.4. The topological polar surface area (TPSA) is 26.3 Å². The van der Waals surface area contributed by atoms with Gasteiger partial charge in [0.15, 0.2) is 0 Å². The number of carbonyl (C=O) groups excluding carboxylic acids is 1. The van der Waals surface area contributed by atoms with Gasteiger partial charge in [0.2, 0.25) is 5.76 Å². The molecule has 0 aromatic carbocycles. The summed E-state index contributed by atoms with van der Waals surface area (Å²) in [6, 6.07) is 0. The van der Waals surface area contributed by atoms with E-state index in [9.17, 15) is 18.0 Å². The highest BCUT2D eigenvalue weighted by molar-refractivity contribution is 5.67. The quantitative estimate of drug-likeness (QED) is 0.382. The minimum absolute atomic E-state index is 0.284. The van der Waals surface area contributed by atoms with Gasteiger partial charge in [0, 0.05) is 6.92 Å². The summed E-state index contributed by atoms with van der Waals surface area (Å²) in [7, 11) is 0. The average molecular weight is 252 g/mol. The van der Waals surface area contributed by atoms with Crippen molar-refractivity contribution in [2.24, 2.45) is 0 Å². The second kappa shape index (κ2) is 8.14. The van der Waals surface area contributed by atoms with Gasteiger partial charge in [-0.1, -0.05) is 32.6 Å². The van der Waals surface area contributed by atoms with E-state index in [1.165, 1.54) is 0 Å². The first-order valence-electron chi connectivity index (χ1n) is 5.83. The molecule has 0 aliphatic heterocycles. The van der Waals surface area contributed by atoms with Gasteiger partial charge in [0.05, 0.1) is 0 Å². The Bertz CT molecular complexity index is 257. The fraction of sp³-hybridized carbons (Fsp3) is 0.750. The monoisotopic (exact) mass is 252 g/mol. The third-order valence-corrected chi connectivity index (χ3v) is 2.17. The Morgan fingerprint density at radius 1 is 1.18 bits per heavy atom. The molecule has 0 fully saturated rings. The van der Waals surface area contributed by atoms with Crippen LogP contribution in [0.3, 0.4) is 0 Å². The van der Waals surface area contributed by atoms with Crippen LogP contribution in [0.1, 0.15) is 52.4 Å². The number of rotatable bonds is 7. The van der Waals surface area contributed by atoms with Crippen molar-refractivity contribution in [3.63, 3.8) is 0 Å². The van der Waals surface area contributed by atoms with Crippen LogP contribution in [-0.4, -0.2) is 12.1 Å². The van der Waals surface area contributed by atoms with Crippen LogP contribution in [0.5, 0.6) is 0 Å². The molecule has 17 heavy (non-hydrogen) atoms. The van der Waals surface area contributed by atoms with Crippen LogP contribution in [0, 0.1) is 0 Å². The Kier molecular flexibility index (Phi) is 7.66.